The number of amides is 1. The van der Waals surface area contributed by atoms with Gasteiger partial charge in [-0.05, 0) is 35.7 Å². The lowest BCUT2D eigenvalue weighted by Gasteiger charge is -2.09. The van der Waals surface area contributed by atoms with Crippen LogP contribution in [0.4, 0.5) is 5.69 Å². The largest absolute Gasteiger partial charge is 0.490 e. The Kier molecular flexibility index (Phi) is 6.87. The van der Waals surface area contributed by atoms with Crippen LogP contribution in [-0.4, -0.2) is 30.8 Å². The highest BCUT2D eigenvalue weighted by atomic mass is 16.6. The fraction of sp³-hybridized carbons (Fsp3) is 0.263. The first-order valence-electron chi connectivity index (χ1n) is 8.27. The van der Waals surface area contributed by atoms with Crippen LogP contribution in [0.3, 0.4) is 0 Å². The van der Waals surface area contributed by atoms with Gasteiger partial charge in [0.15, 0.2) is 12.4 Å². The number of ether oxygens (including phenoxy) is 2. The minimum atomic E-state index is -0.548. The molecule has 0 radical (unpaired) electrons. The van der Waals surface area contributed by atoms with E-state index in [-0.39, 0.29) is 18.0 Å². The number of nitrogens with zero attached hydrogens (tertiary/aromatic N) is 2. The molecule has 0 bridgehead atoms. The summed E-state index contributed by atoms with van der Waals surface area (Å²) in [6.45, 7) is 3.95. The first-order chi connectivity index (χ1) is 12.9. The molecule has 0 saturated carbocycles. The van der Waals surface area contributed by atoms with Crippen molar-refractivity contribution in [1.82, 2.24) is 5.43 Å². The zero-order valence-electron chi connectivity index (χ0n) is 15.3. The number of methoxy groups -OCH3 is 1. The molecule has 0 heterocycles. The maximum absolute atomic E-state index is 11.8. The van der Waals surface area contributed by atoms with Gasteiger partial charge in [-0.3, -0.25) is 14.9 Å². The fourth-order valence-electron chi connectivity index (χ4n) is 2.25. The molecule has 0 saturated heterocycles. The van der Waals surface area contributed by atoms with E-state index in [1.807, 2.05) is 18.2 Å². The molecule has 2 aromatic carbocycles. The van der Waals surface area contributed by atoms with Crippen LogP contribution in [0.25, 0.3) is 0 Å². The maximum Gasteiger partial charge on any atom is 0.311 e. The molecule has 2 aromatic rings. The first-order valence-corrected chi connectivity index (χ1v) is 8.27. The molecule has 0 fully saturated rings. The van der Waals surface area contributed by atoms with E-state index in [1.165, 1.54) is 25.5 Å². The van der Waals surface area contributed by atoms with Gasteiger partial charge in [0, 0.05) is 11.6 Å². The van der Waals surface area contributed by atoms with Crippen LogP contribution >= 0.6 is 0 Å². The minimum Gasteiger partial charge on any atom is -0.490 e. The second-order valence-corrected chi connectivity index (χ2v) is 6.00. The van der Waals surface area contributed by atoms with Gasteiger partial charge in [-0.1, -0.05) is 26.0 Å². The zero-order chi connectivity index (χ0) is 19.8. The number of nitrogens with one attached hydrogen (secondary N) is 1. The van der Waals surface area contributed by atoms with E-state index in [9.17, 15) is 14.9 Å². The molecule has 2 rings (SSSR count). The van der Waals surface area contributed by atoms with Crippen molar-refractivity contribution in [3.05, 3.63) is 63.7 Å². The van der Waals surface area contributed by atoms with Crippen molar-refractivity contribution in [2.24, 2.45) is 5.10 Å². The topological polar surface area (TPSA) is 103 Å². The monoisotopic (exact) mass is 371 g/mol. The van der Waals surface area contributed by atoms with Crippen LogP contribution in [0.2, 0.25) is 0 Å². The molecule has 0 spiro atoms. The SMILES string of the molecule is COc1ccc(/C=N/NC(=O)COc2cccc(C(C)C)c2)cc1[N+](=O)[O-]. The number of benzene rings is 2. The van der Waals surface area contributed by atoms with Gasteiger partial charge in [-0.15, -0.1) is 0 Å². The summed E-state index contributed by atoms with van der Waals surface area (Å²) in [4.78, 5) is 22.3. The summed E-state index contributed by atoms with van der Waals surface area (Å²) in [5.41, 5.74) is 3.71. The summed E-state index contributed by atoms with van der Waals surface area (Å²) in [6.07, 6.45) is 1.31. The third kappa shape index (κ3) is 5.81. The van der Waals surface area contributed by atoms with Gasteiger partial charge in [0.1, 0.15) is 5.75 Å². The molecule has 0 aliphatic rings. The van der Waals surface area contributed by atoms with Gasteiger partial charge < -0.3 is 9.47 Å². The van der Waals surface area contributed by atoms with Crippen LogP contribution in [0, 0.1) is 10.1 Å². The molecule has 0 aliphatic carbocycles. The lowest BCUT2D eigenvalue weighted by Crippen LogP contribution is -2.24. The van der Waals surface area contributed by atoms with E-state index in [0.29, 0.717) is 17.2 Å². The Morgan fingerprint density at radius 3 is 2.74 bits per heavy atom. The summed E-state index contributed by atoms with van der Waals surface area (Å²) < 4.78 is 10.4. The number of carbonyl (C=O) groups is 1. The molecule has 8 heteroatoms. The standard InChI is InChI=1S/C19H21N3O5/c1-13(2)15-5-4-6-16(10-15)27-12-19(23)21-20-11-14-7-8-18(26-3)17(9-14)22(24)25/h4-11,13H,12H2,1-3H3,(H,21,23)/b20-11+. The third-order valence-electron chi connectivity index (χ3n) is 3.70. The highest BCUT2D eigenvalue weighted by Gasteiger charge is 2.14. The van der Waals surface area contributed by atoms with E-state index in [0.717, 1.165) is 5.56 Å². The van der Waals surface area contributed by atoms with Crippen molar-refractivity contribution in [1.29, 1.82) is 0 Å². The highest BCUT2D eigenvalue weighted by Crippen LogP contribution is 2.26. The van der Waals surface area contributed by atoms with Crippen LogP contribution in [0.15, 0.2) is 47.6 Å². The van der Waals surface area contributed by atoms with Crippen molar-refractivity contribution < 1.29 is 19.2 Å². The predicted octanol–water partition coefficient (Wildman–Crippen LogP) is 3.26. The minimum absolute atomic E-state index is 0.151. The molecule has 142 valence electrons. The van der Waals surface area contributed by atoms with Crippen molar-refractivity contribution >= 4 is 17.8 Å². The van der Waals surface area contributed by atoms with Crippen LogP contribution in [0.5, 0.6) is 11.5 Å². The number of carbonyl (C=O) groups excluding carboxylic acids is 1. The molecular formula is C19H21N3O5. The Morgan fingerprint density at radius 2 is 2.07 bits per heavy atom. The van der Waals surface area contributed by atoms with Crippen molar-refractivity contribution in [2.75, 3.05) is 13.7 Å². The normalized spacial score (nSPS) is 10.8. The summed E-state index contributed by atoms with van der Waals surface area (Å²) in [7, 11) is 1.35. The van der Waals surface area contributed by atoms with Gasteiger partial charge in [0.2, 0.25) is 0 Å². The number of hydrazone groups is 1. The van der Waals surface area contributed by atoms with Crippen molar-refractivity contribution in [3.8, 4) is 11.5 Å². The molecule has 0 unspecified atom stereocenters. The molecule has 0 aromatic heterocycles. The molecule has 1 N–H and O–H groups in total. The molecule has 0 aliphatic heterocycles. The van der Waals surface area contributed by atoms with E-state index < -0.39 is 10.8 Å². The third-order valence-corrected chi connectivity index (χ3v) is 3.70. The van der Waals surface area contributed by atoms with Crippen molar-refractivity contribution in [3.63, 3.8) is 0 Å². The van der Waals surface area contributed by atoms with Gasteiger partial charge in [0.05, 0.1) is 18.2 Å². The summed E-state index contributed by atoms with van der Waals surface area (Å²) in [5, 5.41) is 14.8. The van der Waals surface area contributed by atoms with E-state index in [4.69, 9.17) is 9.47 Å². The highest BCUT2D eigenvalue weighted by molar-refractivity contribution is 5.84. The second-order valence-electron chi connectivity index (χ2n) is 6.00. The van der Waals surface area contributed by atoms with Gasteiger partial charge >= 0.3 is 5.69 Å². The zero-order valence-corrected chi connectivity index (χ0v) is 15.3. The van der Waals surface area contributed by atoms with Crippen LogP contribution in [-0.2, 0) is 4.79 Å². The van der Waals surface area contributed by atoms with Gasteiger partial charge in [-0.2, -0.15) is 5.10 Å². The van der Waals surface area contributed by atoms with Gasteiger partial charge in [-0.25, -0.2) is 5.43 Å². The summed E-state index contributed by atoms with van der Waals surface area (Å²) in [6, 6.07) is 11.9. The van der Waals surface area contributed by atoms with E-state index in [1.54, 1.807) is 12.1 Å². The number of nitro groups is 1. The maximum atomic E-state index is 11.8. The molecular weight excluding hydrogens is 350 g/mol. The number of rotatable bonds is 8. The lowest BCUT2D eigenvalue weighted by molar-refractivity contribution is -0.385. The smallest absolute Gasteiger partial charge is 0.311 e. The average Bonchev–Trinajstić information content (AvgIpc) is 2.66. The first kappa shape index (κ1) is 19.9. The van der Waals surface area contributed by atoms with Gasteiger partial charge in [0.25, 0.3) is 5.91 Å². The number of hydrogen-bond acceptors (Lipinski definition) is 6. The number of nitro benzene ring substituents is 1. The Hall–Kier alpha value is -3.42. The van der Waals surface area contributed by atoms with E-state index in [2.05, 4.69) is 24.4 Å². The summed E-state index contributed by atoms with van der Waals surface area (Å²) in [5.74, 6) is 0.675. The Labute approximate surface area is 157 Å². The Balaban J connectivity index is 1.91. The van der Waals surface area contributed by atoms with Crippen LogP contribution < -0.4 is 14.9 Å². The molecule has 0 atom stereocenters. The Bertz CT molecular complexity index is 849. The fourth-order valence-corrected chi connectivity index (χ4v) is 2.25. The number of hydrogen-bond donors (Lipinski definition) is 1. The summed E-state index contributed by atoms with van der Waals surface area (Å²) >= 11 is 0. The average molecular weight is 371 g/mol. The van der Waals surface area contributed by atoms with Crippen LogP contribution in [0.1, 0.15) is 30.9 Å². The van der Waals surface area contributed by atoms with Crippen molar-refractivity contribution in [2.45, 2.75) is 19.8 Å². The van der Waals surface area contributed by atoms with E-state index >= 15 is 0 Å². The predicted molar refractivity (Wildman–Crippen MR) is 101 cm³/mol. The molecule has 1 amide bonds. The molecule has 8 nitrogen and oxygen atoms in total. The second kappa shape index (κ2) is 9.33. The Morgan fingerprint density at radius 1 is 1.30 bits per heavy atom. The molecule has 27 heavy (non-hydrogen) atoms. The quantitative estimate of drug-likeness (QED) is 0.436. The lowest BCUT2D eigenvalue weighted by atomic mass is 10.0.